The molecule has 2 rings (SSSR count). The number of carbonyl (C=O) groups excluding carboxylic acids is 1. The highest BCUT2D eigenvalue weighted by atomic mass is 79.9. The monoisotopic (exact) mass is 358 g/mol. The lowest BCUT2D eigenvalue weighted by atomic mass is 10.2. The first-order valence-corrected chi connectivity index (χ1v) is 7.54. The van der Waals surface area contributed by atoms with Gasteiger partial charge in [0.05, 0.1) is 41.7 Å². The normalized spacial score (nSPS) is 22.2. The molecule has 1 fully saturated rings. The van der Waals surface area contributed by atoms with Crippen LogP contribution in [0.4, 0.5) is 5.82 Å². The number of morpholine rings is 1. The van der Waals surface area contributed by atoms with Crippen LogP contribution >= 0.6 is 15.9 Å². The molecule has 21 heavy (non-hydrogen) atoms. The van der Waals surface area contributed by atoms with E-state index < -0.39 is 5.97 Å². The number of ether oxygens (including phenoxy) is 2. The average molecular weight is 359 g/mol. The minimum Gasteiger partial charge on any atom is -0.465 e. The van der Waals surface area contributed by atoms with E-state index in [0.29, 0.717) is 34.6 Å². The second kappa shape index (κ2) is 6.72. The standard InChI is InChI=1S/C14H19BrN2O4/c1-8-5-17(6-9(2)21-8)12-4-10(14(19)20-3)13(15)11(7-18)16-12/h4,8-9,18H,5-7H2,1-3H3/t8-,9+. The largest absolute Gasteiger partial charge is 0.465 e. The fourth-order valence-corrected chi connectivity index (χ4v) is 2.95. The van der Waals surface area contributed by atoms with Crippen LogP contribution in [0.3, 0.4) is 0 Å². The fourth-order valence-electron chi connectivity index (χ4n) is 2.46. The number of carbonyl (C=O) groups is 1. The van der Waals surface area contributed by atoms with Gasteiger partial charge < -0.3 is 19.5 Å². The minimum absolute atomic E-state index is 0.0818. The van der Waals surface area contributed by atoms with Gasteiger partial charge in [0.15, 0.2) is 0 Å². The van der Waals surface area contributed by atoms with E-state index in [0.717, 1.165) is 0 Å². The number of hydrogen-bond donors (Lipinski definition) is 1. The third kappa shape index (κ3) is 3.53. The molecule has 1 saturated heterocycles. The predicted octanol–water partition coefficient (Wildman–Crippen LogP) is 1.74. The average Bonchev–Trinajstić information content (AvgIpc) is 2.45. The van der Waals surface area contributed by atoms with Gasteiger partial charge in [0.1, 0.15) is 5.82 Å². The molecule has 0 amide bonds. The Bertz CT molecular complexity index is 528. The summed E-state index contributed by atoms with van der Waals surface area (Å²) in [6.45, 7) is 5.11. The maximum Gasteiger partial charge on any atom is 0.339 e. The molecule has 0 saturated carbocycles. The molecule has 1 aliphatic rings. The zero-order valence-corrected chi connectivity index (χ0v) is 13.9. The summed E-state index contributed by atoms with van der Waals surface area (Å²) in [7, 11) is 1.33. The summed E-state index contributed by atoms with van der Waals surface area (Å²) in [4.78, 5) is 18.3. The van der Waals surface area contributed by atoms with Gasteiger partial charge in [-0.25, -0.2) is 9.78 Å². The summed E-state index contributed by atoms with van der Waals surface area (Å²) in [5.41, 5.74) is 0.776. The van der Waals surface area contributed by atoms with Crippen molar-refractivity contribution in [1.82, 2.24) is 4.98 Å². The third-order valence-corrected chi connectivity index (χ3v) is 4.20. The molecule has 1 N–H and O–H groups in total. The van der Waals surface area contributed by atoms with Gasteiger partial charge in [0, 0.05) is 13.1 Å². The smallest absolute Gasteiger partial charge is 0.339 e. The number of aliphatic hydroxyl groups is 1. The van der Waals surface area contributed by atoms with E-state index >= 15 is 0 Å². The van der Waals surface area contributed by atoms with Gasteiger partial charge >= 0.3 is 5.97 Å². The van der Waals surface area contributed by atoms with Gasteiger partial charge in [0.25, 0.3) is 0 Å². The van der Waals surface area contributed by atoms with Gasteiger partial charge in [-0.2, -0.15) is 0 Å². The number of rotatable bonds is 3. The molecule has 116 valence electrons. The highest BCUT2D eigenvalue weighted by Gasteiger charge is 2.25. The number of methoxy groups -OCH3 is 1. The van der Waals surface area contributed by atoms with E-state index in [2.05, 4.69) is 25.8 Å². The Labute approximate surface area is 132 Å². The summed E-state index contributed by atoms with van der Waals surface area (Å²) in [5, 5.41) is 9.44. The zero-order valence-electron chi connectivity index (χ0n) is 12.3. The van der Waals surface area contributed by atoms with Crippen LogP contribution in [0.5, 0.6) is 0 Å². The Balaban J connectivity index is 2.41. The van der Waals surface area contributed by atoms with E-state index in [4.69, 9.17) is 9.47 Å². The highest BCUT2D eigenvalue weighted by Crippen LogP contribution is 2.27. The fraction of sp³-hybridized carbons (Fsp3) is 0.571. The van der Waals surface area contributed by atoms with E-state index in [1.807, 2.05) is 13.8 Å². The number of aliphatic hydroxyl groups excluding tert-OH is 1. The van der Waals surface area contributed by atoms with E-state index in [9.17, 15) is 9.90 Å². The molecule has 0 aromatic carbocycles. The molecule has 2 heterocycles. The maximum absolute atomic E-state index is 11.9. The number of nitrogens with zero attached hydrogens (tertiary/aromatic N) is 2. The van der Waals surface area contributed by atoms with Crippen LogP contribution in [0.15, 0.2) is 10.5 Å². The van der Waals surface area contributed by atoms with Crippen LogP contribution < -0.4 is 4.90 Å². The number of esters is 1. The third-order valence-electron chi connectivity index (χ3n) is 3.31. The minimum atomic E-state index is -0.463. The maximum atomic E-state index is 11.9. The molecule has 0 radical (unpaired) electrons. The number of hydrogen-bond acceptors (Lipinski definition) is 6. The topological polar surface area (TPSA) is 71.9 Å². The molecular weight excluding hydrogens is 340 g/mol. The first kappa shape index (κ1) is 16.2. The van der Waals surface area contributed by atoms with Crippen LogP contribution in [0.1, 0.15) is 29.9 Å². The first-order chi connectivity index (χ1) is 9.96. The predicted molar refractivity (Wildman–Crippen MR) is 81.4 cm³/mol. The van der Waals surface area contributed by atoms with Crippen molar-refractivity contribution in [3.63, 3.8) is 0 Å². The molecule has 7 heteroatoms. The molecule has 1 aromatic heterocycles. The number of halogens is 1. The molecule has 0 unspecified atom stereocenters. The Morgan fingerprint density at radius 3 is 2.67 bits per heavy atom. The SMILES string of the molecule is COC(=O)c1cc(N2C[C@@H](C)O[C@@H](C)C2)nc(CO)c1Br. The number of anilines is 1. The van der Waals surface area contributed by atoms with Crippen molar-refractivity contribution >= 4 is 27.7 Å². The van der Waals surface area contributed by atoms with Crippen LogP contribution in [0.2, 0.25) is 0 Å². The summed E-state index contributed by atoms with van der Waals surface area (Å²) < 4.78 is 10.9. The molecule has 1 aliphatic heterocycles. The van der Waals surface area contributed by atoms with Crippen molar-refractivity contribution in [1.29, 1.82) is 0 Å². The van der Waals surface area contributed by atoms with Crippen LogP contribution in [-0.4, -0.2) is 48.5 Å². The highest BCUT2D eigenvalue weighted by molar-refractivity contribution is 9.10. The summed E-state index contributed by atoms with van der Waals surface area (Å²) in [6.07, 6.45) is 0.164. The van der Waals surface area contributed by atoms with Gasteiger partial charge in [-0.3, -0.25) is 0 Å². The van der Waals surface area contributed by atoms with Gasteiger partial charge in [-0.15, -0.1) is 0 Å². The second-order valence-corrected chi connectivity index (χ2v) is 5.89. The summed E-state index contributed by atoms with van der Waals surface area (Å²) >= 11 is 3.30. The van der Waals surface area contributed by atoms with Crippen LogP contribution in [0, 0.1) is 0 Å². The second-order valence-electron chi connectivity index (χ2n) is 5.10. The molecular formula is C14H19BrN2O4. The number of aromatic nitrogens is 1. The summed E-state index contributed by atoms with van der Waals surface area (Å²) in [5.74, 6) is 0.180. The van der Waals surface area contributed by atoms with Crippen molar-refractivity contribution in [3.8, 4) is 0 Å². The first-order valence-electron chi connectivity index (χ1n) is 6.75. The molecule has 0 spiro atoms. The van der Waals surface area contributed by atoms with Crippen molar-refractivity contribution < 1.29 is 19.4 Å². The van der Waals surface area contributed by atoms with Gasteiger partial charge in [-0.1, -0.05) is 0 Å². The van der Waals surface area contributed by atoms with Crippen LogP contribution in [0.25, 0.3) is 0 Å². The van der Waals surface area contributed by atoms with Gasteiger partial charge in [-0.05, 0) is 35.8 Å². The Hall–Kier alpha value is -1.18. The zero-order chi connectivity index (χ0) is 15.6. The van der Waals surface area contributed by atoms with Crippen molar-refractivity contribution in [2.45, 2.75) is 32.7 Å². The Morgan fingerprint density at radius 1 is 1.52 bits per heavy atom. The summed E-state index contributed by atoms with van der Waals surface area (Å²) in [6, 6.07) is 1.68. The molecule has 2 atom stereocenters. The molecule has 0 aliphatic carbocycles. The number of pyridine rings is 1. The molecule has 6 nitrogen and oxygen atoms in total. The quantitative estimate of drug-likeness (QED) is 0.829. The van der Waals surface area contributed by atoms with E-state index in [1.165, 1.54) is 7.11 Å². The Kier molecular flexibility index (Phi) is 5.18. The van der Waals surface area contributed by atoms with Crippen LogP contribution in [-0.2, 0) is 16.1 Å². The van der Waals surface area contributed by atoms with E-state index in [1.54, 1.807) is 6.07 Å². The van der Waals surface area contributed by atoms with Crippen molar-refractivity contribution in [3.05, 3.63) is 21.8 Å². The Morgan fingerprint density at radius 2 is 2.14 bits per heavy atom. The lowest BCUT2D eigenvalue weighted by Crippen LogP contribution is -2.46. The molecule has 0 bridgehead atoms. The van der Waals surface area contributed by atoms with Gasteiger partial charge in [0.2, 0.25) is 0 Å². The van der Waals surface area contributed by atoms with Crippen molar-refractivity contribution in [2.75, 3.05) is 25.1 Å². The van der Waals surface area contributed by atoms with E-state index in [-0.39, 0.29) is 18.8 Å². The lowest BCUT2D eigenvalue weighted by molar-refractivity contribution is -0.00547. The lowest BCUT2D eigenvalue weighted by Gasteiger charge is -2.36. The molecule has 1 aromatic rings. The van der Waals surface area contributed by atoms with Crippen molar-refractivity contribution in [2.24, 2.45) is 0 Å².